The van der Waals surface area contributed by atoms with Gasteiger partial charge in [-0.05, 0) is 6.92 Å². The van der Waals surface area contributed by atoms with Gasteiger partial charge in [0, 0.05) is 24.1 Å². The van der Waals surface area contributed by atoms with E-state index >= 15 is 0 Å². The number of hydrazine groups is 1. The number of anilines is 2. The summed E-state index contributed by atoms with van der Waals surface area (Å²) in [5.74, 6) is 8.39. The Hall–Kier alpha value is -1.28. The summed E-state index contributed by atoms with van der Waals surface area (Å²) in [4.78, 5) is 14.6. The lowest BCUT2D eigenvalue weighted by atomic mass is 10.3. The van der Waals surface area contributed by atoms with Gasteiger partial charge in [-0.1, -0.05) is 0 Å². The van der Waals surface area contributed by atoms with Gasteiger partial charge >= 0.3 is 6.01 Å². The summed E-state index contributed by atoms with van der Waals surface area (Å²) >= 11 is 1.94. The van der Waals surface area contributed by atoms with Crippen molar-refractivity contribution in [3.05, 3.63) is 0 Å². The number of ether oxygens (including phenoxy) is 1. The van der Waals surface area contributed by atoms with Crippen molar-refractivity contribution in [2.45, 2.75) is 13.0 Å². The van der Waals surface area contributed by atoms with Crippen molar-refractivity contribution in [2.24, 2.45) is 5.84 Å². The van der Waals surface area contributed by atoms with Crippen molar-refractivity contribution in [3.63, 3.8) is 0 Å². The number of nitrogens with two attached hydrogens (primary N) is 1. The zero-order chi connectivity index (χ0) is 12.3. The molecule has 2 rings (SSSR count). The molecule has 3 N–H and O–H groups in total. The molecule has 0 aliphatic carbocycles. The lowest BCUT2D eigenvalue weighted by Crippen LogP contribution is -2.41. The van der Waals surface area contributed by atoms with E-state index in [0.29, 0.717) is 17.9 Å². The van der Waals surface area contributed by atoms with Crippen LogP contribution in [0.4, 0.5) is 11.9 Å². The number of methoxy groups -OCH3 is 1. The Labute approximate surface area is 104 Å². The van der Waals surface area contributed by atoms with Crippen LogP contribution in [0.25, 0.3) is 0 Å². The molecule has 0 saturated carbocycles. The maximum Gasteiger partial charge on any atom is 0.322 e. The fraction of sp³-hybridized carbons (Fsp3) is 0.667. The van der Waals surface area contributed by atoms with Gasteiger partial charge in [-0.15, -0.1) is 0 Å². The van der Waals surface area contributed by atoms with Gasteiger partial charge in [0.05, 0.1) is 7.11 Å². The smallest absolute Gasteiger partial charge is 0.322 e. The van der Waals surface area contributed by atoms with Crippen molar-refractivity contribution in [1.29, 1.82) is 0 Å². The molecule has 1 aliphatic rings. The maximum absolute atomic E-state index is 5.33. The highest BCUT2D eigenvalue weighted by atomic mass is 32.2. The summed E-state index contributed by atoms with van der Waals surface area (Å²) in [5, 5.41) is 0. The van der Waals surface area contributed by atoms with Gasteiger partial charge in [0.1, 0.15) is 0 Å². The van der Waals surface area contributed by atoms with Gasteiger partial charge in [-0.2, -0.15) is 26.7 Å². The Balaban J connectivity index is 2.29. The zero-order valence-electron chi connectivity index (χ0n) is 9.88. The van der Waals surface area contributed by atoms with Gasteiger partial charge in [-0.3, -0.25) is 5.43 Å². The first-order valence-electron chi connectivity index (χ1n) is 5.35. The molecule has 17 heavy (non-hydrogen) atoms. The summed E-state index contributed by atoms with van der Waals surface area (Å²) in [7, 11) is 1.52. The van der Waals surface area contributed by atoms with E-state index in [-0.39, 0.29) is 6.01 Å². The maximum atomic E-state index is 5.33. The number of nitrogen functional groups attached to an aromatic ring is 1. The predicted octanol–water partition coefficient (Wildman–Crippen LogP) is 0.107. The van der Waals surface area contributed by atoms with E-state index in [1.807, 2.05) is 11.8 Å². The van der Waals surface area contributed by atoms with Crippen LogP contribution in [0.15, 0.2) is 0 Å². The molecule has 1 aliphatic heterocycles. The standard InChI is InChI=1S/C9H16N6OS/c1-6-5-17-4-3-15(6)8-11-7(14-10)12-9(13-8)16-2/h6H,3-5,10H2,1-2H3,(H,11,12,13,14). The second-order valence-electron chi connectivity index (χ2n) is 3.71. The highest BCUT2D eigenvalue weighted by Gasteiger charge is 2.22. The Morgan fingerprint density at radius 1 is 1.47 bits per heavy atom. The van der Waals surface area contributed by atoms with Crippen LogP contribution < -0.4 is 20.9 Å². The second-order valence-corrected chi connectivity index (χ2v) is 4.86. The highest BCUT2D eigenvalue weighted by Crippen LogP contribution is 2.22. The van der Waals surface area contributed by atoms with Crippen LogP contribution in [0.5, 0.6) is 6.01 Å². The molecule has 1 fully saturated rings. The van der Waals surface area contributed by atoms with Crippen LogP contribution in [-0.2, 0) is 0 Å². The molecule has 8 heteroatoms. The van der Waals surface area contributed by atoms with Crippen LogP contribution in [0.2, 0.25) is 0 Å². The molecule has 0 aromatic carbocycles. The zero-order valence-corrected chi connectivity index (χ0v) is 10.7. The Morgan fingerprint density at radius 2 is 2.29 bits per heavy atom. The second kappa shape index (κ2) is 5.37. The highest BCUT2D eigenvalue weighted by molar-refractivity contribution is 7.99. The molecule has 0 spiro atoms. The molecular formula is C9H16N6OS. The molecule has 1 unspecified atom stereocenters. The summed E-state index contributed by atoms with van der Waals surface area (Å²) in [6.45, 7) is 3.07. The molecule has 0 amide bonds. The minimum Gasteiger partial charge on any atom is -0.467 e. The number of nitrogens with one attached hydrogen (secondary N) is 1. The fourth-order valence-electron chi connectivity index (χ4n) is 1.65. The summed E-state index contributed by atoms with van der Waals surface area (Å²) in [6.07, 6.45) is 0. The fourth-order valence-corrected chi connectivity index (χ4v) is 2.67. The van der Waals surface area contributed by atoms with E-state index < -0.39 is 0 Å². The van der Waals surface area contributed by atoms with E-state index in [2.05, 4.69) is 32.2 Å². The Kier molecular flexibility index (Phi) is 3.85. The first-order valence-corrected chi connectivity index (χ1v) is 6.51. The van der Waals surface area contributed by atoms with Crippen molar-refractivity contribution >= 4 is 23.7 Å². The number of rotatable bonds is 3. The normalized spacial score (nSPS) is 20.2. The Morgan fingerprint density at radius 3 is 2.94 bits per heavy atom. The summed E-state index contributed by atoms with van der Waals surface area (Å²) in [5.41, 5.74) is 2.42. The van der Waals surface area contributed by atoms with E-state index in [1.54, 1.807) is 0 Å². The lowest BCUT2D eigenvalue weighted by Gasteiger charge is -2.32. The topological polar surface area (TPSA) is 89.2 Å². The number of nitrogens with zero attached hydrogens (tertiary/aromatic N) is 4. The van der Waals surface area contributed by atoms with Gasteiger partial charge in [-0.25, -0.2) is 5.84 Å². The minimum atomic E-state index is 0.272. The van der Waals surface area contributed by atoms with E-state index in [9.17, 15) is 0 Å². The van der Waals surface area contributed by atoms with Crippen LogP contribution >= 0.6 is 11.8 Å². The van der Waals surface area contributed by atoms with Crippen molar-refractivity contribution < 1.29 is 4.74 Å². The molecule has 2 heterocycles. The van der Waals surface area contributed by atoms with Crippen molar-refractivity contribution in [1.82, 2.24) is 15.0 Å². The van der Waals surface area contributed by atoms with E-state index in [4.69, 9.17) is 10.6 Å². The first-order chi connectivity index (χ1) is 8.24. The third-order valence-electron chi connectivity index (χ3n) is 2.54. The third-order valence-corrected chi connectivity index (χ3v) is 3.73. The third kappa shape index (κ3) is 2.70. The SMILES string of the molecule is COc1nc(NN)nc(N2CCSCC2C)n1. The quantitative estimate of drug-likeness (QED) is 0.582. The van der Waals surface area contributed by atoms with Crippen LogP contribution in [-0.4, -0.2) is 46.2 Å². The molecular weight excluding hydrogens is 240 g/mol. The lowest BCUT2D eigenvalue weighted by molar-refractivity contribution is 0.378. The minimum absolute atomic E-state index is 0.272. The Bertz CT molecular complexity index is 367. The van der Waals surface area contributed by atoms with Crippen molar-refractivity contribution in [3.8, 4) is 6.01 Å². The number of hydrogen-bond donors (Lipinski definition) is 2. The average molecular weight is 256 g/mol. The number of hydrogen-bond acceptors (Lipinski definition) is 8. The molecule has 0 radical (unpaired) electrons. The van der Waals surface area contributed by atoms with Crippen LogP contribution in [0.1, 0.15) is 6.92 Å². The van der Waals surface area contributed by atoms with E-state index in [1.165, 1.54) is 7.11 Å². The molecule has 94 valence electrons. The summed E-state index contributed by atoms with van der Waals surface area (Å²) < 4.78 is 5.03. The molecule has 1 saturated heterocycles. The number of thioether (sulfide) groups is 1. The monoisotopic (exact) mass is 256 g/mol. The molecule has 1 atom stereocenters. The molecule has 0 bridgehead atoms. The molecule has 1 aromatic rings. The molecule has 1 aromatic heterocycles. The van der Waals surface area contributed by atoms with Gasteiger partial charge in [0.2, 0.25) is 11.9 Å². The largest absolute Gasteiger partial charge is 0.467 e. The first kappa shape index (κ1) is 12.2. The van der Waals surface area contributed by atoms with Gasteiger partial charge < -0.3 is 9.64 Å². The average Bonchev–Trinajstić information content (AvgIpc) is 2.38. The van der Waals surface area contributed by atoms with Crippen LogP contribution in [0, 0.1) is 0 Å². The van der Waals surface area contributed by atoms with E-state index in [0.717, 1.165) is 18.1 Å². The van der Waals surface area contributed by atoms with Gasteiger partial charge in [0.15, 0.2) is 0 Å². The van der Waals surface area contributed by atoms with Crippen LogP contribution in [0.3, 0.4) is 0 Å². The molecule has 7 nitrogen and oxygen atoms in total. The van der Waals surface area contributed by atoms with Crippen molar-refractivity contribution in [2.75, 3.05) is 35.5 Å². The predicted molar refractivity (Wildman–Crippen MR) is 68.3 cm³/mol. The van der Waals surface area contributed by atoms with Gasteiger partial charge in [0.25, 0.3) is 0 Å². The number of aromatic nitrogens is 3. The summed E-state index contributed by atoms with van der Waals surface area (Å²) in [6, 6.07) is 0.667.